The van der Waals surface area contributed by atoms with Gasteiger partial charge in [-0.15, -0.1) is 0 Å². The number of aromatic nitrogens is 2. The molecule has 4 aliphatic rings. The molecule has 3 saturated heterocycles. The molecule has 1 aromatic heterocycles. The van der Waals surface area contributed by atoms with Gasteiger partial charge in [0, 0.05) is 101 Å². The van der Waals surface area contributed by atoms with Crippen LogP contribution in [0, 0.1) is 0 Å². The summed E-state index contributed by atoms with van der Waals surface area (Å²) in [6.07, 6.45) is 11.2. The number of imide groups is 1. The molecule has 0 spiro atoms. The summed E-state index contributed by atoms with van der Waals surface area (Å²) in [5.41, 5.74) is 9.57. The minimum Gasteiger partial charge on any atom is -0.494 e. The van der Waals surface area contributed by atoms with E-state index >= 15 is 0 Å². The van der Waals surface area contributed by atoms with Crippen molar-refractivity contribution in [3.63, 3.8) is 0 Å². The van der Waals surface area contributed by atoms with Gasteiger partial charge in [0.1, 0.15) is 17.9 Å². The zero-order chi connectivity index (χ0) is 45.5. The number of fused-ring (bicyclic) bond motifs is 1. The molecule has 3 fully saturated rings. The van der Waals surface area contributed by atoms with Crippen LogP contribution in [0.3, 0.4) is 0 Å². The summed E-state index contributed by atoms with van der Waals surface area (Å²) >= 11 is 5.16. The van der Waals surface area contributed by atoms with Crippen molar-refractivity contribution < 1.29 is 19.1 Å². The second-order valence-corrected chi connectivity index (χ2v) is 18.4. The lowest BCUT2D eigenvalue weighted by molar-refractivity contribution is -0.137. The van der Waals surface area contributed by atoms with Crippen LogP contribution in [0.2, 0.25) is 0 Å². The minimum atomic E-state index is -0.394. The molecule has 18 heteroatoms. The molecule has 5 heterocycles. The summed E-state index contributed by atoms with van der Waals surface area (Å²) in [4.78, 5) is 60.1. The molecule has 1 unspecified atom stereocenters. The van der Waals surface area contributed by atoms with Crippen molar-refractivity contribution in [2.45, 2.75) is 64.1 Å². The quantitative estimate of drug-likeness (QED) is 0.0416. The maximum Gasteiger partial charge on any atom is 0.243 e. The van der Waals surface area contributed by atoms with Gasteiger partial charge in [0.05, 0.1) is 52.6 Å². The van der Waals surface area contributed by atoms with Crippen LogP contribution in [-0.2, 0) is 29.0 Å². The molecule has 0 saturated carbocycles. The lowest BCUT2D eigenvalue weighted by atomic mass is 9.97. The topological polar surface area (TPSA) is 172 Å². The molecule has 3 aromatic carbocycles. The van der Waals surface area contributed by atoms with Crippen molar-refractivity contribution in [1.82, 2.24) is 30.0 Å². The third-order valence-corrected chi connectivity index (χ3v) is 14.0. The first-order valence-electron chi connectivity index (χ1n) is 22.5. The molecule has 0 radical (unpaired) electrons. The Bertz CT molecular complexity index is 2410. The first-order valence-corrected chi connectivity index (χ1v) is 24.5. The fourth-order valence-corrected chi connectivity index (χ4v) is 10.2. The lowest BCUT2D eigenvalue weighted by Crippen LogP contribution is -2.53. The molecule has 2 amide bonds. The number of ether oxygens (including phenoxy) is 1. The van der Waals surface area contributed by atoms with Crippen molar-refractivity contribution in [3.8, 4) is 5.75 Å². The van der Waals surface area contributed by atoms with Gasteiger partial charge in [0.15, 0.2) is 0 Å². The third-order valence-electron chi connectivity index (χ3n) is 13.0. The Labute approximate surface area is 394 Å². The van der Waals surface area contributed by atoms with E-state index in [0.717, 1.165) is 128 Å². The Kier molecular flexibility index (Phi) is 15.2. The van der Waals surface area contributed by atoms with E-state index in [9.17, 15) is 14.4 Å². The van der Waals surface area contributed by atoms with Crippen LogP contribution in [0.15, 0.2) is 58.1 Å². The number of piperidine rings is 2. The van der Waals surface area contributed by atoms with Crippen molar-refractivity contribution >= 4 is 98.1 Å². The number of piperazine rings is 1. The number of aryl methyl sites for hydroxylation is 1. The number of aldehydes is 1. The van der Waals surface area contributed by atoms with E-state index in [2.05, 4.69) is 91.7 Å². The average Bonchev–Trinajstić information content (AvgIpc) is 3.33. The number of anilines is 7. The predicted octanol–water partition coefficient (Wildman–Crippen LogP) is 6.99. The first-order chi connectivity index (χ1) is 31.7. The Morgan fingerprint density at radius 3 is 2.57 bits per heavy atom. The number of amides is 2. The molecule has 16 nitrogen and oxygen atoms in total. The molecule has 4 aliphatic heterocycles. The average molecular weight is 968 g/mol. The Morgan fingerprint density at radius 1 is 1.02 bits per heavy atom. The van der Waals surface area contributed by atoms with Gasteiger partial charge in [-0.3, -0.25) is 34.5 Å². The number of nitrogens with zero attached hydrogens (tertiary/aromatic N) is 7. The molecule has 4 aromatic rings. The van der Waals surface area contributed by atoms with Crippen LogP contribution in [0.25, 0.3) is 0 Å². The van der Waals surface area contributed by atoms with E-state index < -0.39 is 6.04 Å². The van der Waals surface area contributed by atoms with Crippen molar-refractivity contribution in [2.75, 3.05) is 98.3 Å². The number of carbonyl (C=O) groups is 3. The van der Waals surface area contributed by atoms with Gasteiger partial charge in [-0.25, -0.2) is 4.98 Å². The second kappa shape index (κ2) is 21.4. The number of methoxy groups -OCH3 is 1. The number of rotatable bonds is 17. The molecular formula is C47H59BrN12O4S. The van der Waals surface area contributed by atoms with Crippen LogP contribution >= 0.6 is 27.9 Å². The van der Waals surface area contributed by atoms with Crippen molar-refractivity contribution in [3.05, 3.63) is 75.4 Å². The number of likely N-dealkylation sites (N-methyl/N-ethyl adjacent to an activating group) is 1. The van der Waals surface area contributed by atoms with Crippen LogP contribution in [0.4, 0.5) is 45.9 Å². The highest BCUT2D eigenvalue weighted by molar-refractivity contribution is 9.10. The molecule has 1 atom stereocenters. The van der Waals surface area contributed by atoms with Gasteiger partial charge >= 0.3 is 0 Å². The fraction of sp³-hybridized carbons (Fsp3) is 0.447. The predicted molar refractivity (Wildman–Crippen MR) is 265 cm³/mol. The van der Waals surface area contributed by atoms with Crippen LogP contribution in [0.1, 0.15) is 59.7 Å². The summed E-state index contributed by atoms with van der Waals surface area (Å²) in [5.74, 6) is 1.30. The fourth-order valence-electron chi connectivity index (χ4n) is 9.46. The zero-order valence-electron chi connectivity index (χ0n) is 37.6. The van der Waals surface area contributed by atoms with E-state index in [-0.39, 0.29) is 11.8 Å². The molecule has 0 bridgehead atoms. The summed E-state index contributed by atoms with van der Waals surface area (Å²) in [7, 11) is 3.60. The van der Waals surface area contributed by atoms with E-state index in [1.165, 1.54) is 23.2 Å². The highest BCUT2D eigenvalue weighted by Gasteiger charge is 2.32. The molecular weight excluding hydrogens is 909 g/mol. The van der Waals surface area contributed by atoms with Gasteiger partial charge in [-0.2, -0.15) is 4.98 Å². The highest BCUT2D eigenvalue weighted by Crippen LogP contribution is 2.43. The van der Waals surface area contributed by atoms with Gasteiger partial charge < -0.3 is 35.2 Å². The molecule has 65 heavy (non-hydrogen) atoms. The van der Waals surface area contributed by atoms with Gasteiger partial charge in [0.2, 0.25) is 17.8 Å². The van der Waals surface area contributed by atoms with Crippen LogP contribution in [-0.4, -0.2) is 134 Å². The monoisotopic (exact) mass is 966 g/mol. The number of hydrogen-bond acceptors (Lipinski definition) is 16. The van der Waals surface area contributed by atoms with Gasteiger partial charge in [0.25, 0.3) is 0 Å². The van der Waals surface area contributed by atoms with E-state index in [1.807, 2.05) is 48.7 Å². The van der Waals surface area contributed by atoms with Crippen LogP contribution < -0.4 is 35.6 Å². The van der Waals surface area contributed by atoms with Crippen molar-refractivity contribution in [1.29, 1.82) is 0 Å². The molecule has 5 N–H and O–H groups in total. The maximum atomic E-state index is 12.6. The summed E-state index contributed by atoms with van der Waals surface area (Å²) in [5, 5.41) is 12.8. The number of aliphatic imine (C=N–C) groups is 1. The van der Waals surface area contributed by atoms with Gasteiger partial charge in [-0.05, 0) is 90.0 Å². The summed E-state index contributed by atoms with van der Waals surface area (Å²) in [6.45, 7) is 10.2. The number of nitrogens with one attached hydrogen (secondary N) is 5. The lowest BCUT2D eigenvalue weighted by Gasteiger charge is -2.43. The first kappa shape index (κ1) is 46.3. The molecule has 8 rings (SSSR count). The molecule has 0 aliphatic carbocycles. The third kappa shape index (κ3) is 10.7. The van der Waals surface area contributed by atoms with Gasteiger partial charge in [-0.1, -0.05) is 37.1 Å². The normalized spacial score (nSPS) is 18.2. The highest BCUT2D eigenvalue weighted by atomic mass is 79.9. The second-order valence-electron chi connectivity index (χ2n) is 16.9. The standard InChI is InChI=1S/C47H59BrN12O4S/c1-5-30-25-38(53-47-51-27-35(48)45(55-47)52-37-10-9-36-43(44(37)56-65-4)50-17-16-49-36)41(64-3)26-40(30)60-19-14-33(15-20-60)59-23-21-58(22-24-59)18-13-31-7-6-8-32(29-61)34(31)28-57(2)39-11-12-42(62)54-46(39)63/h6-10,16,25-27,29,33,39,50,56H,5,11-15,17-24,28H2,1-4H3,(H,54,62,63)(H2,51,52,53,55). The van der Waals surface area contributed by atoms with E-state index in [4.69, 9.17) is 9.72 Å². The maximum absolute atomic E-state index is 12.6. The zero-order valence-corrected chi connectivity index (χ0v) is 40.0. The Balaban J connectivity index is 0.857. The minimum absolute atomic E-state index is 0.228. The summed E-state index contributed by atoms with van der Waals surface area (Å²) < 4.78 is 10.1. The number of halogens is 1. The van der Waals surface area contributed by atoms with Crippen LogP contribution in [0.5, 0.6) is 5.75 Å². The SMILES string of the molecule is CCc1cc(Nc2ncc(Br)c(Nc3ccc4c(c3NSC)NCC=N4)n2)c(OC)cc1N1CCC(N2CCN(CCc3cccc(C=O)c3CN(C)C3CCC(=O)NC3=O)CC2)CC1. The number of carbonyl (C=O) groups excluding carboxylic acids is 3. The summed E-state index contributed by atoms with van der Waals surface area (Å²) in [6, 6.07) is 14.3. The Morgan fingerprint density at radius 2 is 1.83 bits per heavy atom. The molecule has 344 valence electrons. The Hall–Kier alpha value is -5.27. The van der Waals surface area contributed by atoms with E-state index in [0.29, 0.717) is 49.3 Å². The number of benzene rings is 3. The largest absolute Gasteiger partial charge is 0.494 e. The van der Waals surface area contributed by atoms with E-state index in [1.54, 1.807) is 13.3 Å². The smallest absolute Gasteiger partial charge is 0.243 e. The van der Waals surface area contributed by atoms with Crippen molar-refractivity contribution in [2.24, 2.45) is 4.99 Å². The number of hydrogen-bond donors (Lipinski definition) is 5.